The Morgan fingerprint density at radius 1 is 1.10 bits per heavy atom. The van der Waals surface area contributed by atoms with Crippen molar-refractivity contribution in [2.24, 2.45) is 0 Å². The van der Waals surface area contributed by atoms with Crippen LogP contribution in [0.15, 0.2) is 60.9 Å². The monoisotopic (exact) mass is 417 g/mol. The van der Waals surface area contributed by atoms with E-state index < -0.39 is 0 Å². The first kappa shape index (κ1) is 20.1. The van der Waals surface area contributed by atoms with Crippen molar-refractivity contribution in [1.82, 2.24) is 30.0 Å². The number of aromatic nitrogens is 4. The third kappa shape index (κ3) is 4.25. The van der Waals surface area contributed by atoms with E-state index in [4.69, 9.17) is 15.6 Å². The Kier molecular flexibility index (Phi) is 5.65. The van der Waals surface area contributed by atoms with Crippen LogP contribution in [0.5, 0.6) is 11.5 Å². The first-order valence-electron chi connectivity index (χ1n) is 9.80. The number of amides is 2. The zero-order valence-corrected chi connectivity index (χ0v) is 17.3. The van der Waals surface area contributed by atoms with Crippen molar-refractivity contribution in [2.45, 2.75) is 6.54 Å². The van der Waals surface area contributed by atoms with Crippen LogP contribution in [-0.4, -0.2) is 51.3 Å². The van der Waals surface area contributed by atoms with Gasteiger partial charge in [-0.05, 0) is 36.4 Å². The predicted molar refractivity (Wildman–Crippen MR) is 119 cm³/mol. The van der Waals surface area contributed by atoms with Crippen LogP contribution in [0.4, 0.5) is 10.6 Å². The molecule has 4 aromatic rings. The molecule has 0 aliphatic rings. The summed E-state index contributed by atoms with van der Waals surface area (Å²) in [6, 6.07) is 17.0. The molecule has 0 aliphatic carbocycles. The number of rotatable bonds is 6. The summed E-state index contributed by atoms with van der Waals surface area (Å²) in [5.41, 5.74) is 8.33. The number of hydrogen-bond acceptors (Lipinski definition) is 6. The van der Waals surface area contributed by atoms with Crippen LogP contribution in [0.25, 0.3) is 22.3 Å². The average molecular weight is 417 g/mol. The van der Waals surface area contributed by atoms with E-state index in [2.05, 4.69) is 15.3 Å². The summed E-state index contributed by atoms with van der Waals surface area (Å²) in [4.78, 5) is 21.8. The second kappa shape index (κ2) is 8.70. The van der Waals surface area contributed by atoms with Gasteiger partial charge in [-0.1, -0.05) is 18.2 Å². The van der Waals surface area contributed by atoms with E-state index in [1.165, 1.54) is 6.33 Å². The first-order valence-corrected chi connectivity index (χ1v) is 9.80. The Bertz CT molecular complexity index is 1190. The average Bonchev–Trinajstić information content (AvgIpc) is 3.18. The predicted octanol–water partition coefficient (Wildman–Crippen LogP) is 3.14. The number of ether oxygens (including phenoxy) is 1. The number of likely N-dealkylation sites (N-methyl/N-ethyl adjacent to an activating group) is 1. The van der Waals surface area contributed by atoms with Gasteiger partial charge in [0, 0.05) is 26.2 Å². The van der Waals surface area contributed by atoms with Gasteiger partial charge in [-0.3, -0.25) is 0 Å². The van der Waals surface area contributed by atoms with Crippen LogP contribution >= 0.6 is 0 Å². The zero-order valence-electron chi connectivity index (χ0n) is 17.3. The molecule has 9 nitrogen and oxygen atoms in total. The molecule has 2 aromatic heterocycles. The third-order valence-electron chi connectivity index (χ3n) is 4.87. The fourth-order valence-electron chi connectivity index (χ4n) is 3.23. The number of carbonyl (C=O) groups excluding carboxylic acids is 1. The number of carbonyl (C=O) groups is 1. The molecule has 9 heteroatoms. The molecule has 0 atom stereocenters. The summed E-state index contributed by atoms with van der Waals surface area (Å²) < 4.78 is 7.61. The van der Waals surface area contributed by atoms with Crippen molar-refractivity contribution in [2.75, 3.05) is 26.4 Å². The highest BCUT2D eigenvalue weighted by atomic mass is 16.5. The minimum atomic E-state index is -0.167. The lowest BCUT2D eigenvalue weighted by atomic mass is 10.1. The maximum Gasteiger partial charge on any atom is 0.316 e. The highest BCUT2D eigenvalue weighted by molar-refractivity contribution is 5.98. The molecule has 0 saturated carbocycles. The molecule has 2 heterocycles. The quantitative estimate of drug-likeness (QED) is 0.499. The Morgan fingerprint density at radius 3 is 2.52 bits per heavy atom. The smallest absolute Gasteiger partial charge is 0.316 e. The number of anilines is 1. The number of fused-ring (bicyclic) bond motifs is 1. The molecular weight excluding hydrogens is 394 g/mol. The molecule has 0 fully saturated rings. The van der Waals surface area contributed by atoms with E-state index in [0.29, 0.717) is 35.6 Å². The van der Waals surface area contributed by atoms with E-state index in [1.807, 2.05) is 54.6 Å². The topological polar surface area (TPSA) is 111 Å². The Hall–Kier alpha value is -4.14. The highest BCUT2D eigenvalue weighted by Crippen LogP contribution is 2.31. The molecule has 4 rings (SSSR count). The molecule has 3 N–H and O–H groups in total. The van der Waals surface area contributed by atoms with Gasteiger partial charge in [0.1, 0.15) is 29.3 Å². The maximum atomic E-state index is 11.8. The Labute approximate surface area is 179 Å². The minimum Gasteiger partial charge on any atom is -0.457 e. The van der Waals surface area contributed by atoms with Crippen LogP contribution in [0, 0.1) is 0 Å². The molecule has 2 aromatic carbocycles. The van der Waals surface area contributed by atoms with Gasteiger partial charge in [0.05, 0.1) is 11.9 Å². The second-order valence-electron chi connectivity index (χ2n) is 6.95. The molecule has 0 radical (unpaired) electrons. The van der Waals surface area contributed by atoms with Crippen LogP contribution in [0.2, 0.25) is 0 Å². The molecule has 158 valence electrons. The van der Waals surface area contributed by atoms with E-state index in [0.717, 1.165) is 17.1 Å². The van der Waals surface area contributed by atoms with Crippen molar-refractivity contribution in [1.29, 1.82) is 0 Å². The Morgan fingerprint density at radius 2 is 1.81 bits per heavy atom. The van der Waals surface area contributed by atoms with E-state index in [9.17, 15) is 4.79 Å². The normalized spacial score (nSPS) is 10.8. The van der Waals surface area contributed by atoms with Gasteiger partial charge in [0.15, 0.2) is 5.65 Å². The lowest BCUT2D eigenvalue weighted by Gasteiger charge is -2.16. The Balaban J connectivity index is 1.63. The largest absolute Gasteiger partial charge is 0.457 e. The first-order chi connectivity index (χ1) is 15.1. The summed E-state index contributed by atoms with van der Waals surface area (Å²) in [7, 11) is 3.32. The van der Waals surface area contributed by atoms with Gasteiger partial charge in [0.25, 0.3) is 0 Å². The summed E-state index contributed by atoms with van der Waals surface area (Å²) >= 11 is 0. The van der Waals surface area contributed by atoms with Crippen molar-refractivity contribution >= 4 is 22.9 Å². The van der Waals surface area contributed by atoms with E-state index in [-0.39, 0.29) is 6.03 Å². The number of hydrogen-bond donors (Lipinski definition) is 2. The van der Waals surface area contributed by atoms with E-state index in [1.54, 1.807) is 23.7 Å². The molecule has 0 aliphatic heterocycles. The van der Waals surface area contributed by atoms with Gasteiger partial charge in [-0.25, -0.2) is 19.4 Å². The second-order valence-corrected chi connectivity index (χ2v) is 6.95. The van der Waals surface area contributed by atoms with Gasteiger partial charge >= 0.3 is 6.03 Å². The molecular formula is C22H23N7O2. The molecule has 0 spiro atoms. The third-order valence-corrected chi connectivity index (χ3v) is 4.87. The maximum absolute atomic E-state index is 11.8. The van der Waals surface area contributed by atoms with Gasteiger partial charge in [-0.2, -0.15) is 5.10 Å². The van der Waals surface area contributed by atoms with Gasteiger partial charge < -0.3 is 20.7 Å². The highest BCUT2D eigenvalue weighted by Gasteiger charge is 2.18. The number of nitrogens with zero attached hydrogens (tertiary/aromatic N) is 5. The number of nitrogens with one attached hydrogen (secondary N) is 1. The SMILES string of the molecule is CNC(=O)N(C)CCn1nc(-c2ccc(Oc3ccccc3)cc2)c2c(N)ncnc21. The fraction of sp³-hybridized carbons (Fsp3) is 0.182. The number of nitrogen functional groups attached to an aromatic ring is 1. The number of nitrogens with two attached hydrogens (primary N) is 1. The summed E-state index contributed by atoms with van der Waals surface area (Å²) in [6.45, 7) is 0.926. The molecule has 2 amide bonds. The van der Waals surface area contributed by atoms with Gasteiger partial charge in [-0.15, -0.1) is 0 Å². The minimum absolute atomic E-state index is 0.167. The fourth-order valence-corrected chi connectivity index (χ4v) is 3.23. The number of urea groups is 1. The summed E-state index contributed by atoms with van der Waals surface area (Å²) in [5.74, 6) is 1.84. The van der Waals surface area contributed by atoms with Crippen LogP contribution in [0.1, 0.15) is 0 Å². The molecule has 0 bridgehead atoms. The van der Waals surface area contributed by atoms with Crippen molar-refractivity contribution in [3.05, 3.63) is 60.9 Å². The molecule has 31 heavy (non-hydrogen) atoms. The molecule has 0 saturated heterocycles. The van der Waals surface area contributed by atoms with Crippen molar-refractivity contribution in [3.63, 3.8) is 0 Å². The summed E-state index contributed by atoms with van der Waals surface area (Å²) in [5, 5.41) is 8.01. The van der Waals surface area contributed by atoms with Crippen molar-refractivity contribution in [3.8, 4) is 22.8 Å². The van der Waals surface area contributed by atoms with Crippen LogP contribution < -0.4 is 15.8 Å². The lowest BCUT2D eigenvalue weighted by molar-refractivity contribution is 0.209. The standard InChI is InChI=1S/C22H23N7O2/c1-24-22(30)28(2)12-13-29-21-18(20(23)25-14-26-21)19(27-29)15-8-10-17(11-9-15)31-16-6-4-3-5-7-16/h3-11,14H,12-13H2,1-2H3,(H,24,30)(H2,23,25,26). The lowest BCUT2D eigenvalue weighted by Crippen LogP contribution is -2.37. The summed E-state index contributed by atoms with van der Waals surface area (Å²) in [6.07, 6.45) is 1.42. The van der Waals surface area contributed by atoms with E-state index >= 15 is 0 Å². The zero-order chi connectivity index (χ0) is 21.8. The van der Waals surface area contributed by atoms with Crippen molar-refractivity contribution < 1.29 is 9.53 Å². The number of para-hydroxylation sites is 1. The van der Waals surface area contributed by atoms with Gasteiger partial charge in [0.2, 0.25) is 0 Å². The van der Waals surface area contributed by atoms with Crippen LogP contribution in [-0.2, 0) is 6.54 Å². The molecule has 0 unspecified atom stereocenters. The van der Waals surface area contributed by atoms with Crippen LogP contribution in [0.3, 0.4) is 0 Å². The number of benzene rings is 2.